The lowest BCUT2D eigenvalue weighted by atomic mass is 9.97. The van der Waals surface area contributed by atoms with Gasteiger partial charge in [0.25, 0.3) is 0 Å². The molecular formula is C17H22N4O3S. The number of carbonyl (C=O) groups is 1. The second-order valence-corrected chi connectivity index (χ2v) is 7.24. The van der Waals surface area contributed by atoms with Crippen molar-refractivity contribution in [1.82, 2.24) is 10.3 Å². The molecule has 25 heavy (non-hydrogen) atoms. The summed E-state index contributed by atoms with van der Waals surface area (Å²) >= 11 is 1.51. The Morgan fingerprint density at radius 1 is 1.32 bits per heavy atom. The number of nitrogens with one attached hydrogen (secondary N) is 2. The largest absolute Gasteiger partial charge is 0.463 e. The van der Waals surface area contributed by atoms with Crippen LogP contribution in [0.2, 0.25) is 0 Å². The molecule has 134 valence electrons. The molecule has 2 saturated heterocycles. The predicted octanol–water partition coefficient (Wildman–Crippen LogP) is 2.18. The van der Waals surface area contributed by atoms with Gasteiger partial charge in [-0.2, -0.15) is 0 Å². The van der Waals surface area contributed by atoms with Crippen LogP contribution in [0.15, 0.2) is 22.8 Å². The maximum absolute atomic E-state index is 12.5. The van der Waals surface area contributed by atoms with Crippen LogP contribution < -0.4 is 15.5 Å². The van der Waals surface area contributed by atoms with Crippen molar-refractivity contribution in [3.8, 4) is 11.5 Å². The Hall–Kier alpha value is -1.90. The third-order valence-electron chi connectivity index (χ3n) is 4.60. The van der Waals surface area contributed by atoms with Gasteiger partial charge < -0.3 is 24.7 Å². The zero-order valence-corrected chi connectivity index (χ0v) is 14.8. The standard InChI is InChI=1S/C17H22N4O3S/c22-15(12-3-5-18-6-4-12)20-17-19-14(13-2-1-9-24-13)16(25-17)21-7-10-23-11-8-21/h1-2,9,12,18H,3-8,10-11H2,(H,19,20,22). The van der Waals surface area contributed by atoms with E-state index in [2.05, 4.69) is 20.5 Å². The van der Waals surface area contributed by atoms with Gasteiger partial charge in [0.05, 0.1) is 19.5 Å². The second-order valence-electron chi connectivity index (χ2n) is 6.26. The van der Waals surface area contributed by atoms with Crippen molar-refractivity contribution < 1.29 is 13.9 Å². The van der Waals surface area contributed by atoms with Crippen molar-refractivity contribution >= 4 is 27.4 Å². The topological polar surface area (TPSA) is 79.6 Å². The van der Waals surface area contributed by atoms with Crippen LogP contribution in [0.1, 0.15) is 12.8 Å². The predicted molar refractivity (Wildman–Crippen MR) is 97.1 cm³/mol. The number of thiazole rings is 1. The maximum atomic E-state index is 12.5. The van der Waals surface area contributed by atoms with Crippen LogP contribution in [0, 0.1) is 5.92 Å². The first-order valence-electron chi connectivity index (χ1n) is 8.70. The highest BCUT2D eigenvalue weighted by Crippen LogP contribution is 2.39. The number of furan rings is 1. The fraction of sp³-hybridized carbons (Fsp3) is 0.529. The molecule has 4 heterocycles. The molecule has 1 amide bonds. The minimum absolute atomic E-state index is 0.0593. The van der Waals surface area contributed by atoms with E-state index in [1.807, 2.05) is 12.1 Å². The molecule has 4 rings (SSSR count). The van der Waals surface area contributed by atoms with Gasteiger partial charge in [-0.3, -0.25) is 4.79 Å². The quantitative estimate of drug-likeness (QED) is 0.868. The Morgan fingerprint density at radius 3 is 2.84 bits per heavy atom. The normalized spacial score (nSPS) is 19.1. The molecule has 2 N–H and O–H groups in total. The van der Waals surface area contributed by atoms with E-state index in [1.165, 1.54) is 11.3 Å². The van der Waals surface area contributed by atoms with E-state index >= 15 is 0 Å². The summed E-state index contributed by atoms with van der Waals surface area (Å²) in [5.74, 6) is 0.846. The minimum atomic E-state index is 0.0593. The fourth-order valence-electron chi connectivity index (χ4n) is 3.21. The van der Waals surface area contributed by atoms with Gasteiger partial charge in [0.1, 0.15) is 10.7 Å². The van der Waals surface area contributed by atoms with Crippen molar-refractivity contribution in [2.75, 3.05) is 49.6 Å². The molecule has 0 saturated carbocycles. The highest BCUT2D eigenvalue weighted by atomic mass is 32.1. The summed E-state index contributed by atoms with van der Waals surface area (Å²) in [4.78, 5) is 19.4. The van der Waals surface area contributed by atoms with Gasteiger partial charge in [-0.1, -0.05) is 11.3 Å². The SMILES string of the molecule is O=C(Nc1nc(-c2ccco2)c(N2CCOCC2)s1)C1CCNCC1. The Balaban J connectivity index is 1.56. The van der Waals surface area contributed by atoms with E-state index in [4.69, 9.17) is 9.15 Å². The molecule has 2 aliphatic heterocycles. The van der Waals surface area contributed by atoms with Crippen LogP contribution in [0.3, 0.4) is 0 Å². The van der Waals surface area contributed by atoms with E-state index in [9.17, 15) is 4.79 Å². The van der Waals surface area contributed by atoms with Crippen molar-refractivity contribution in [2.24, 2.45) is 5.92 Å². The highest BCUT2D eigenvalue weighted by Gasteiger charge is 2.25. The van der Waals surface area contributed by atoms with Gasteiger partial charge in [-0.25, -0.2) is 4.98 Å². The minimum Gasteiger partial charge on any atom is -0.463 e. The summed E-state index contributed by atoms with van der Waals surface area (Å²) in [6.45, 7) is 4.83. The van der Waals surface area contributed by atoms with Crippen LogP contribution in [-0.4, -0.2) is 50.3 Å². The summed E-state index contributed by atoms with van der Waals surface area (Å²) < 4.78 is 11.0. The number of nitrogens with zero attached hydrogens (tertiary/aromatic N) is 2. The van der Waals surface area contributed by atoms with Gasteiger partial charge in [0.2, 0.25) is 5.91 Å². The number of piperidine rings is 1. The fourth-order valence-corrected chi connectivity index (χ4v) is 4.24. The molecule has 2 aliphatic rings. The third-order valence-corrected chi connectivity index (χ3v) is 5.63. The van der Waals surface area contributed by atoms with Crippen molar-refractivity contribution in [1.29, 1.82) is 0 Å². The van der Waals surface area contributed by atoms with Gasteiger partial charge in [0, 0.05) is 19.0 Å². The van der Waals surface area contributed by atoms with E-state index in [-0.39, 0.29) is 11.8 Å². The Morgan fingerprint density at radius 2 is 2.12 bits per heavy atom. The molecule has 0 radical (unpaired) electrons. The molecule has 0 unspecified atom stereocenters. The number of hydrogen-bond acceptors (Lipinski definition) is 7. The number of carbonyl (C=O) groups excluding carboxylic acids is 1. The second kappa shape index (κ2) is 7.55. The van der Waals surface area contributed by atoms with Crippen LogP contribution in [0.25, 0.3) is 11.5 Å². The van der Waals surface area contributed by atoms with Crippen LogP contribution in [0.4, 0.5) is 10.1 Å². The number of anilines is 2. The number of amides is 1. The molecule has 0 aliphatic carbocycles. The van der Waals surface area contributed by atoms with Crippen molar-refractivity contribution in [2.45, 2.75) is 12.8 Å². The Bertz CT molecular complexity index is 704. The summed E-state index contributed by atoms with van der Waals surface area (Å²) in [5, 5.41) is 7.96. The number of aromatic nitrogens is 1. The van der Waals surface area contributed by atoms with E-state index < -0.39 is 0 Å². The van der Waals surface area contributed by atoms with Crippen LogP contribution in [-0.2, 0) is 9.53 Å². The van der Waals surface area contributed by atoms with Crippen LogP contribution in [0.5, 0.6) is 0 Å². The Kier molecular flexibility index (Phi) is 5.00. The van der Waals surface area contributed by atoms with E-state index in [1.54, 1.807) is 6.26 Å². The highest BCUT2D eigenvalue weighted by molar-refractivity contribution is 7.20. The first-order chi connectivity index (χ1) is 12.3. The van der Waals surface area contributed by atoms with Crippen molar-refractivity contribution in [3.63, 3.8) is 0 Å². The zero-order valence-electron chi connectivity index (χ0n) is 14.0. The van der Waals surface area contributed by atoms with Crippen molar-refractivity contribution in [3.05, 3.63) is 18.4 Å². The van der Waals surface area contributed by atoms with Gasteiger partial charge >= 0.3 is 0 Å². The lowest BCUT2D eigenvalue weighted by Gasteiger charge is -2.27. The zero-order chi connectivity index (χ0) is 17.1. The van der Waals surface area contributed by atoms with Gasteiger partial charge in [-0.15, -0.1) is 0 Å². The Labute approximate surface area is 150 Å². The molecule has 0 atom stereocenters. The first-order valence-corrected chi connectivity index (χ1v) is 9.52. The van der Waals surface area contributed by atoms with Gasteiger partial charge in [0.15, 0.2) is 10.9 Å². The average Bonchev–Trinajstić information content (AvgIpc) is 3.33. The molecule has 0 spiro atoms. The van der Waals surface area contributed by atoms with E-state index in [0.29, 0.717) is 18.3 Å². The smallest absolute Gasteiger partial charge is 0.229 e. The maximum Gasteiger partial charge on any atom is 0.229 e. The first kappa shape index (κ1) is 16.6. The molecule has 0 bridgehead atoms. The molecule has 2 aromatic heterocycles. The van der Waals surface area contributed by atoms with Gasteiger partial charge in [-0.05, 0) is 38.1 Å². The molecule has 2 aromatic rings. The number of morpholine rings is 1. The summed E-state index contributed by atoms with van der Waals surface area (Å²) in [7, 11) is 0. The van der Waals surface area contributed by atoms with E-state index in [0.717, 1.165) is 55.5 Å². The average molecular weight is 362 g/mol. The lowest BCUT2D eigenvalue weighted by molar-refractivity contribution is -0.120. The lowest BCUT2D eigenvalue weighted by Crippen LogP contribution is -2.36. The number of ether oxygens (including phenoxy) is 1. The monoisotopic (exact) mass is 362 g/mol. The molecule has 8 heteroatoms. The molecular weight excluding hydrogens is 340 g/mol. The molecule has 0 aromatic carbocycles. The number of rotatable bonds is 4. The summed E-state index contributed by atoms with van der Waals surface area (Å²) in [5.41, 5.74) is 0.789. The third kappa shape index (κ3) is 3.70. The molecule has 7 nitrogen and oxygen atoms in total. The van der Waals surface area contributed by atoms with Crippen LogP contribution >= 0.6 is 11.3 Å². The summed E-state index contributed by atoms with van der Waals surface area (Å²) in [6, 6.07) is 3.75. The molecule has 2 fully saturated rings. The summed E-state index contributed by atoms with van der Waals surface area (Å²) in [6.07, 6.45) is 3.39. The number of hydrogen-bond donors (Lipinski definition) is 2.